The van der Waals surface area contributed by atoms with E-state index in [4.69, 9.17) is 10.5 Å². The van der Waals surface area contributed by atoms with Crippen molar-refractivity contribution in [3.63, 3.8) is 0 Å². The summed E-state index contributed by atoms with van der Waals surface area (Å²) in [5, 5.41) is 2.76. The molecule has 3 N–H and O–H groups in total. The van der Waals surface area contributed by atoms with Crippen LogP contribution in [0.1, 0.15) is 19.8 Å². The molecule has 0 bridgehead atoms. The lowest BCUT2D eigenvalue weighted by atomic mass is 10.1. The summed E-state index contributed by atoms with van der Waals surface area (Å²) in [7, 11) is 1.53. The highest BCUT2D eigenvalue weighted by molar-refractivity contribution is 5.88. The lowest BCUT2D eigenvalue weighted by Gasteiger charge is -2.35. The van der Waals surface area contributed by atoms with Gasteiger partial charge < -0.3 is 20.7 Å². The number of hydrogen-bond acceptors (Lipinski definition) is 4. The minimum absolute atomic E-state index is 0. The van der Waals surface area contributed by atoms with Gasteiger partial charge in [0, 0.05) is 26.7 Å². The molecule has 2 atom stereocenters. The van der Waals surface area contributed by atoms with Crippen molar-refractivity contribution < 1.29 is 14.3 Å². The SMILES string of the molecule is CCC1C(=O)NCCN1C(=O)CC(CN)OC.Cl. The molecule has 0 aromatic heterocycles. The summed E-state index contributed by atoms with van der Waals surface area (Å²) < 4.78 is 5.08. The second-order valence-electron chi connectivity index (χ2n) is 4.10. The molecule has 2 unspecified atom stereocenters. The highest BCUT2D eigenvalue weighted by Crippen LogP contribution is 2.11. The highest BCUT2D eigenvalue weighted by Gasteiger charge is 2.32. The van der Waals surface area contributed by atoms with Crippen molar-refractivity contribution in [1.82, 2.24) is 10.2 Å². The number of piperazine rings is 1. The average molecular weight is 280 g/mol. The maximum absolute atomic E-state index is 12.1. The van der Waals surface area contributed by atoms with Crippen LogP contribution in [0.15, 0.2) is 0 Å². The molecule has 1 aliphatic rings. The first-order valence-electron chi connectivity index (χ1n) is 5.94. The van der Waals surface area contributed by atoms with Crippen molar-refractivity contribution >= 4 is 24.2 Å². The van der Waals surface area contributed by atoms with Gasteiger partial charge in [0.2, 0.25) is 11.8 Å². The molecule has 0 aromatic rings. The van der Waals surface area contributed by atoms with Crippen molar-refractivity contribution in [2.45, 2.75) is 31.9 Å². The van der Waals surface area contributed by atoms with Gasteiger partial charge in [0.05, 0.1) is 12.5 Å². The Morgan fingerprint density at radius 2 is 2.33 bits per heavy atom. The van der Waals surface area contributed by atoms with Crippen LogP contribution in [-0.2, 0) is 14.3 Å². The van der Waals surface area contributed by atoms with Crippen molar-refractivity contribution in [3.05, 3.63) is 0 Å². The Balaban J connectivity index is 0.00000289. The number of halogens is 1. The summed E-state index contributed by atoms with van der Waals surface area (Å²) in [5.41, 5.74) is 5.48. The number of carbonyl (C=O) groups excluding carboxylic acids is 2. The van der Waals surface area contributed by atoms with Gasteiger partial charge in [0.25, 0.3) is 0 Å². The van der Waals surface area contributed by atoms with Crippen LogP contribution >= 0.6 is 12.4 Å². The molecule has 1 rings (SSSR count). The molecular formula is C11H22ClN3O3. The van der Waals surface area contributed by atoms with Gasteiger partial charge in [-0.1, -0.05) is 6.92 Å². The van der Waals surface area contributed by atoms with E-state index in [0.717, 1.165) is 0 Å². The zero-order valence-corrected chi connectivity index (χ0v) is 11.7. The van der Waals surface area contributed by atoms with Gasteiger partial charge in [-0.3, -0.25) is 9.59 Å². The lowest BCUT2D eigenvalue weighted by molar-refractivity contribution is -0.145. The maximum Gasteiger partial charge on any atom is 0.242 e. The van der Waals surface area contributed by atoms with Crippen LogP contribution in [0.25, 0.3) is 0 Å². The van der Waals surface area contributed by atoms with Crippen LogP contribution in [0.3, 0.4) is 0 Å². The summed E-state index contributed by atoms with van der Waals surface area (Å²) in [5.74, 6) is -0.141. The smallest absolute Gasteiger partial charge is 0.242 e. The van der Waals surface area contributed by atoms with E-state index < -0.39 is 0 Å². The number of carbonyl (C=O) groups is 2. The molecule has 1 saturated heterocycles. The van der Waals surface area contributed by atoms with Gasteiger partial charge in [0.15, 0.2) is 0 Å². The van der Waals surface area contributed by atoms with Crippen molar-refractivity contribution in [2.24, 2.45) is 5.73 Å². The minimum Gasteiger partial charge on any atom is -0.380 e. The molecule has 7 heteroatoms. The molecule has 2 amide bonds. The van der Waals surface area contributed by atoms with E-state index in [1.54, 1.807) is 4.90 Å². The van der Waals surface area contributed by atoms with Crippen LogP contribution in [0.4, 0.5) is 0 Å². The van der Waals surface area contributed by atoms with Crippen LogP contribution < -0.4 is 11.1 Å². The van der Waals surface area contributed by atoms with Crippen LogP contribution in [-0.4, -0.2) is 55.6 Å². The zero-order chi connectivity index (χ0) is 12.8. The summed E-state index contributed by atoms with van der Waals surface area (Å²) >= 11 is 0. The molecule has 0 aromatic carbocycles. The first-order valence-corrected chi connectivity index (χ1v) is 5.94. The summed E-state index contributed by atoms with van der Waals surface area (Å²) in [6.45, 7) is 3.27. The molecule has 18 heavy (non-hydrogen) atoms. The van der Waals surface area contributed by atoms with Crippen molar-refractivity contribution in [1.29, 1.82) is 0 Å². The molecule has 0 radical (unpaired) electrons. The number of methoxy groups -OCH3 is 1. The fraction of sp³-hybridized carbons (Fsp3) is 0.818. The zero-order valence-electron chi connectivity index (χ0n) is 10.8. The van der Waals surface area contributed by atoms with Gasteiger partial charge in [-0.2, -0.15) is 0 Å². The topological polar surface area (TPSA) is 84.7 Å². The van der Waals surface area contributed by atoms with E-state index in [0.29, 0.717) is 26.1 Å². The largest absolute Gasteiger partial charge is 0.380 e. The fourth-order valence-corrected chi connectivity index (χ4v) is 1.99. The number of rotatable bonds is 5. The van der Waals surface area contributed by atoms with Gasteiger partial charge in [-0.25, -0.2) is 0 Å². The van der Waals surface area contributed by atoms with Crippen molar-refractivity contribution in [2.75, 3.05) is 26.7 Å². The minimum atomic E-state index is -0.355. The Hall–Kier alpha value is -0.850. The Morgan fingerprint density at radius 3 is 2.83 bits per heavy atom. The Kier molecular flexibility index (Phi) is 7.90. The number of nitrogens with zero attached hydrogens (tertiary/aromatic N) is 1. The molecule has 1 heterocycles. The molecule has 106 valence electrons. The Morgan fingerprint density at radius 1 is 1.67 bits per heavy atom. The van der Waals surface area contributed by atoms with E-state index >= 15 is 0 Å². The predicted octanol–water partition coefficient (Wildman–Crippen LogP) is -0.491. The third kappa shape index (κ3) is 4.12. The summed E-state index contributed by atoms with van der Waals surface area (Å²) in [6, 6.07) is -0.355. The molecule has 6 nitrogen and oxygen atoms in total. The standard InChI is InChI=1S/C11H21N3O3.ClH/c1-3-9-11(16)13-4-5-14(9)10(15)6-8(7-12)17-2;/h8-9H,3-7,12H2,1-2H3,(H,13,16);1H. The molecule has 1 fully saturated rings. The number of hydrogen-bond donors (Lipinski definition) is 2. The Labute approximate surface area is 114 Å². The highest BCUT2D eigenvalue weighted by atomic mass is 35.5. The second-order valence-corrected chi connectivity index (χ2v) is 4.10. The normalized spacial score (nSPS) is 20.9. The van der Waals surface area contributed by atoms with Crippen LogP contribution in [0.2, 0.25) is 0 Å². The van der Waals surface area contributed by atoms with E-state index in [2.05, 4.69) is 5.32 Å². The third-order valence-corrected chi connectivity index (χ3v) is 3.04. The van der Waals surface area contributed by atoms with Crippen molar-refractivity contribution in [3.8, 4) is 0 Å². The van der Waals surface area contributed by atoms with Crippen LogP contribution in [0.5, 0.6) is 0 Å². The second kappa shape index (κ2) is 8.29. The fourth-order valence-electron chi connectivity index (χ4n) is 1.99. The summed E-state index contributed by atoms with van der Waals surface area (Å²) in [4.78, 5) is 25.3. The quantitative estimate of drug-likeness (QED) is 0.711. The summed E-state index contributed by atoms with van der Waals surface area (Å²) in [6.07, 6.45) is 0.583. The third-order valence-electron chi connectivity index (χ3n) is 3.04. The molecule has 0 spiro atoms. The molecule has 0 aliphatic carbocycles. The first-order chi connectivity index (χ1) is 8.13. The van der Waals surface area contributed by atoms with Crippen LogP contribution in [0, 0.1) is 0 Å². The monoisotopic (exact) mass is 279 g/mol. The predicted molar refractivity (Wildman–Crippen MR) is 70.5 cm³/mol. The van der Waals surface area contributed by atoms with Gasteiger partial charge >= 0.3 is 0 Å². The van der Waals surface area contributed by atoms with Gasteiger partial charge in [-0.15, -0.1) is 12.4 Å². The number of nitrogens with two attached hydrogens (primary N) is 1. The van der Waals surface area contributed by atoms with Gasteiger partial charge in [0.1, 0.15) is 6.04 Å². The number of nitrogens with one attached hydrogen (secondary N) is 1. The van der Waals surface area contributed by atoms with E-state index in [1.807, 2.05) is 6.92 Å². The number of amides is 2. The molecule has 1 aliphatic heterocycles. The average Bonchev–Trinajstić information content (AvgIpc) is 2.35. The Bertz CT molecular complexity index is 285. The maximum atomic E-state index is 12.1. The lowest BCUT2D eigenvalue weighted by Crippen LogP contribution is -2.57. The van der Waals surface area contributed by atoms with E-state index in [-0.39, 0.29) is 42.8 Å². The number of ether oxygens (including phenoxy) is 1. The van der Waals surface area contributed by atoms with E-state index in [9.17, 15) is 9.59 Å². The van der Waals surface area contributed by atoms with E-state index in [1.165, 1.54) is 7.11 Å². The molecule has 0 saturated carbocycles. The molecular weight excluding hydrogens is 258 g/mol. The first kappa shape index (κ1) is 17.2. The van der Waals surface area contributed by atoms with Gasteiger partial charge in [-0.05, 0) is 6.42 Å².